The van der Waals surface area contributed by atoms with Gasteiger partial charge >= 0.3 is 0 Å². The van der Waals surface area contributed by atoms with Crippen LogP contribution in [-0.4, -0.2) is 15.8 Å². The molecule has 0 saturated carbocycles. The first-order valence-corrected chi connectivity index (χ1v) is 9.52. The third-order valence-corrected chi connectivity index (χ3v) is 5.35. The number of nitrogens with two attached hydrogens (primary N) is 1. The topological polar surface area (TPSA) is 68.9 Å². The molecule has 1 aliphatic carbocycles. The van der Waals surface area contributed by atoms with Crippen LogP contribution in [0.3, 0.4) is 0 Å². The zero-order valence-electron chi connectivity index (χ0n) is 16.2. The zero-order chi connectivity index (χ0) is 20.1. The van der Waals surface area contributed by atoms with Crippen molar-refractivity contribution >= 4 is 11.7 Å². The number of aryl methyl sites for hydroxylation is 2. The van der Waals surface area contributed by atoms with Crippen molar-refractivity contribution in [3.8, 4) is 33.6 Å². The number of aromatic nitrogens is 2. The number of benzene rings is 3. The van der Waals surface area contributed by atoms with Gasteiger partial charge < -0.3 is 5.73 Å². The van der Waals surface area contributed by atoms with Gasteiger partial charge in [0.2, 0.25) is 5.95 Å². The Labute approximate surface area is 169 Å². The number of nitrogens with zero attached hydrogens (tertiary/aromatic N) is 2. The molecule has 3 aromatic carbocycles. The van der Waals surface area contributed by atoms with Crippen LogP contribution < -0.4 is 5.73 Å². The van der Waals surface area contributed by atoms with Crippen LogP contribution in [0.25, 0.3) is 33.6 Å². The monoisotopic (exact) mass is 377 g/mol. The number of carbonyl (C=O) groups is 1. The molecule has 0 amide bonds. The number of carbonyl (C=O) groups excluding carboxylic acids is 1. The van der Waals surface area contributed by atoms with Crippen molar-refractivity contribution in [1.29, 1.82) is 0 Å². The maximum absolute atomic E-state index is 13.4. The van der Waals surface area contributed by atoms with E-state index in [1.54, 1.807) is 0 Å². The summed E-state index contributed by atoms with van der Waals surface area (Å²) in [5.41, 5.74) is 14.5. The van der Waals surface area contributed by atoms with Gasteiger partial charge in [0.15, 0.2) is 5.78 Å². The summed E-state index contributed by atoms with van der Waals surface area (Å²) >= 11 is 0. The first-order valence-electron chi connectivity index (χ1n) is 9.52. The van der Waals surface area contributed by atoms with Crippen LogP contribution >= 0.6 is 0 Å². The summed E-state index contributed by atoms with van der Waals surface area (Å²) in [6.45, 7) is 4.08. The minimum absolute atomic E-state index is 0.0555. The van der Waals surface area contributed by atoms with E-state index < -0.39 is 0 Å². The quantitative estimate of drug-likeness (QED) is 0.458. The predicted molar refractivity (Wildman–Crippen MR) is 116 cm³/mol. The molecule has 4 heteroatoms. The van der Waals surface area contributed by atoms with Gasteiger partial charge in [-0.1, -0.05) is 77.9 Å². The van der Waals surface area contributed by atoms with Gasteiger partial charge in [0, 0.05) is 16.7 Å². The summed E-state index contributed by atoms with van der Waals surface area (Å²) in [6.07, 6.45) is 0. The second-order valence-corrected chi connectivity index (χ2v) is 7.45. The molecule has 0 bridgehead atoms. The van der Waals surface area contributed by atoms with E-state index in [2.05, 4.69) is 35.1 Å². The summed E-state index contributed by atoms with van der Waals surface area (Å²) in [5, 5.41) is 0. The van der Waals surface area contributed by atoms with Crippen LogP contribution in [0.15, 0.2) is 66.7 Å². The largest absolute Gasteiger partial charge is 0.368 e. The molecule has 4 aromatic rings. The number of fused-ring (bicyclic) bond motifs is 3. The van der Waals surface area contributed by atoms with Crippen molar-refractivity contribution in [1.82, 2.24) is 9.97 Å². The number of anilines is 1. The number of hydrogen-bond donors (Lipinski definition) is 1. The average Bonchev–Trinajstić information content (AvgIpc) is 3.00. The van der Waals surface area contributed by atoms with E-state index in [4.69, 9.17) is 5.73 Å². The van der Waals surface area contributed by atoms with Crippen molar-refractivity contribution in [2.24, 2.45) is 0 Å². The molecule has 1 aromatic heterocycles. The second kappa shape index (κ2) is 6.38. The third-order valence-electron chi connectivity index (χ3n) is 5.35. The molecule has 1 heterocycles. The Balaban J connectivity index is 1.81. The molecule has 140 valence electrons. The molecular formula is C25H19N3O. The minimum atomic E-state index is -0.0555. The number of rotatable bonds is 2. The van der Waals surface area contributed by atoms with Crippen molar-refractivity contribution in [3.63, 3.8) is 0 Å². The summed E-state index contributed by atoms with van der Waals surface area (Å²) in [7, 11) is 0. The van der Waals surface area contributed by atoms with Crippen LogP contribution in [0.2, 0.25) is 0 Å². The number of hydrogen-bond acceptors (Lipinski definition) is 4. The Morgan fingerprint density at radius 1 is 0.690 bits per heavy atom. The summed E-state index contributed by atoms with van der Waals surface area (Å²) in [6, 6.07) is 22.0. The van der Waals surface area contributed by atoms with Gasteiger partial charge in [0.1, 0.15) is 0 Å². The molecule has 0 aliphatic heterocycles. The van der Waals surface area contributed by atoms with E-state index in [1.807, 2.05) is 55.5 Å². The van der Waals surface area contributed by atoms with E-state index in [1.165, 1.54) is 0 Å². The Hall–Kier alpha value is -3.79. The van der Waals surface area contributed by atoms with Crippen molar-refractivity contribution in [2.75, 3.05) is 5.73 Å². The Bertz CT molecular complexity index is 1290. The lowest BCUT2D eigenvalue weighted by atomic mass is 9.95. The molecule has 0 spiro atoms. The lowest BCUT2D eigenvalue weighted by Gasteiger charge is -2.11. The summed E-state index contributed by atoms with van der Waals surface area (Å²) < 4.78 is 0. The van der Waals surface area contributed by atoms with E-state index in [-0.39, 0.29) is 11.7 Å². The highest BCUT2D eigenvalue weighted by atomic mass is 16.1. The number of ketones is 1. The Morgan fingerprint density at radius 2 is 1.38 bits per heavy atom. The second-order valence-electron chi connectivity index (χ2n) is 7.45. The normalized spacial score (nSPS) is 12.0. The maximum atomic E-state index is 13.4. The molecule has 0 atom stereocenters. The highest BCUT2D eigenvalue weighted by Gasteiger charge is 2.34. The average molecular weight is 377 g/mol. The molecule has 2 N–H and O–H groups in total. The molecule has 0 radical (unpaired) electrons. The smallest absolute Gasteiger partial charge is 0.221 e. The molecule has 1 aliphatic rings. The molecule has 0 fully saturated rings. The van der Waals surface area contributed by atoms with Gasteiger partial charge in [-0.15, -0.1) is 0 Å². The molecule has 0 unspecified atom stereocenters. The fraction of sp³-hybridized carbons (Fsp3) is 0.0800. The van der Waals surface area contributed by atoms with E-state index >= 15 is 0 Å². The number of nitrogen functional groups attached to an aromatic ring is 1. The highest BCUT2D eigenvalue weighted by molar-refractivity contribution is 6.25. The van der Waals surface area contributed by atoms with Gasteiger partial charge in [0.25, 0.3) is 0 Å². The molecule has 5 rings (SSSR count). The zero-order valence-corrected chi connectivity index (χ0v) is 16.2. The SMILES string of the molecule is Cc1ccc(-c2nc(N)nc3c2C(=O)c2cccc(-c4cccc(C)c4)c2-3)cc1. The predicted octanol–water partition coefficient (Wildman–Crippen LogP) is 5.22. The Morgan fingerprint density at radius 3 is 2.14 bits per heavy atom. The van der Waals surface area contributed by atoms with E-state index in [0.717, 1.165) is 33.4 Å². The lowest BCUT2D eigenvalue weighted by molar-refractivity contribution is 0.104. The van der Waals surface area contributed by atoms with Crippen LogP contribution in [0.4, 0.5) is 5.95 Å². The van der Waals surface area contributed by atoms with Crippen LogP contribution in [-0.2, 0) is 0 Å². The van der Waals surface area contributed by atoms with Crippen molar-refractivity contribution < 1.29 is 4.79 Å². The molecule has 0 saturated heterocycles. The van der Waals surface area contributed by atoms with Crippen LogP contribution in [0.5, 0.6) is 0 Å². The molecule has 29 heavy (non-hydrogen) atoms. The molecular weight excluding hydrogens is 358 g/mol. The fourth-order valence-corrected chi connectivity index (χ4v) is 3.98. The van der Waals surface area contributed by atoms with Crippen molar-refractivity contribution in [3.05, 3.63) is 89.0 Å². The van der Waals surface area contributed by atoms with Gasteiger partial charge in [-0.05, 0) is 25.0 Å². The standard InChI is InChI=1S/C25H19N3O/c1-14-9-11-16(12-10-14)22-21-23(28-25(26)27-22)20-18(7-4-8-19(20)24(21)29)17-6-3-5-15(2)13-17/h3-13H,1-2H3,(H2,26,27,28). The highest BCUT2D eigenvalue weighted by Crippen LogP contribution is 2.44. The van der Waals surface area contributed by atoms with Gasteiger partial charge in [-0.25, -0.2) is 9.97 Å². The van der Waals surface area contributed by atoms with Gasteiger partial charge in [0.05, 0.1) is 17.0 Å². The summed E-state index contributed by atoms with van der Waals surface area (Å²) in [4.78, 5) is 22.3. The van der Waals surface area contributed by atoms with Crippen molar-refractivity contribution in [2.45, 2.75) is 13.8 Å². The molecule has 4 nitrogen and oxygen atoms in total. The van der Waals surface area contributed by atoms with Crippen LogP contribution in [0.1, 0.15) is 27.0 Å². The van der Waals surface area contributed by atoms with E-state index in [9.17, 15) is 4.79 Å². The lowest BCUT2D eigenvalue weighted by Crippen LogP contribution is -2.05. The first-order chi connectivity index (χ1) is 14.0. The third kappa shape index (κ3) is 2.72. The van der Waals surface area contributed by atoms with E-state index in [0.29, 0.717) is 22.5 Å². The van der Waals surface area contributed by atoms with Gasteiger partial charge in [-0.2, -0.15) is 0 Å². The Kier molecular flexibility index (Phi) is 3.81. The fourth-order valence-electron chi connectivity index (χ4n) is 3.98. The summed E-state index contributed by atoms with van der Waals surface area (Å²) in [5.74, 6) is 0.110. The first kappa shape index (κ1) is 17.3. The van der Waals surface area contributed by atoms with Crippen LogP contribution in [0, 0.1) is 13.8 Å². The maximum Gasteiger partial charge on any atom is 0.221 e. The van der Waals surface area contributed by atoms with Gasteiger partial charge in [-0.3, -0.25) is 4.79 Å². The minimum Gasteiger partial charge on any atom is -0.368 e.